The Morgan fingerprint density at radius 1 is 0.783 bits per heavy atom. The van der Waals surface area contributed by atoms with Gasteiger partial charge in [0.05, 0.1) is 0 Å². The van der Waals surface area contributed by atoms with E-state index in [4.69, 9.17) is 17.4 Å². The molecule has 0 aliphatic rings. The Hall–Kier alpha value is -2.13. The maximum absolute atomic E-state index is 6.52. The molecule has 1 atom stereocenters. The Labute approximate surface area is 141 Å². The second-order valence-corrected chi connectivity index (χ2v) is 6.01. The summed E-state index contributed by atoms with van der Waals surface area (Å²) in [5.41, 5.74) is 6.56. The van der Waals surface area contributed by atoms with Crippen LogP contribution in [-0.2, 0) is 5.54 Å². The van der Waals surface area contributed by atoms with E-state index in [2.05, 4.69) is 48.7 Å². The summed E-state index contributed by atoms with van der Waals surface area (Å²) >= 11 is 6.52. The number of hydrazine groups is 1. The van der Waals surface area contributed by atoms with Crippen molar-refractivity contribution >= 4 is 11.6 Å². The van der Waals surface area contributed by atoms with E-state index in [1.807, 2.05) is 42.5 Å². The van der Waals surface area contributed by atoms with E-state index < -0.39 is 5.54 Å². The zero-order chi connectivity index (χ0) is 16.3. The molecule has 3 aromatic rings. The quantitative estimate of drug-likeness (QED) is 0.424. The summed E-state index contributed by atoms with van der Waals surface area (Å²) in [5.74, 6) is 6.10. The molecule has 1 unspecified atom stereocenters. The molecule has 116 valence electrons. The lowest BCUT2D eigenvalue weighted by Gasteiger charge is -2.35. The van der Waals surface area contributed by atoms with Crippen molar-refractivity contribution in [2.45, 2.75) is 12.5 Å². The fraction of sp³-hybridized carbons (Fsp3) is 0.100. The van der Waals surface area contributed by atoms with Crippen LogP contribution in [-0.4, -0.2) is 0 Å². The average molecular weight is 323 g/mol. The number of aryl methyl sites for hydroxylation is 1. The third-order valence-corrected chi connectivity index (χ3v) is 4.52. The predicted molar refractivity (Wildman–Crippen MR) is 96.3 cm³/mol. The molecule has 0 bridgehead atoms. The molecule has 3 aromatic carbocycles. The molecule has 2 nitrogen and oxygen atoms in total. The molecule has 3 heteroatoms. The van der Waals surface area contributed by atoms with E-state index >= 15 is 0 Å². The largest absolute Gasteiger partial charge is 0.270 e. The molecular weight excluding hydrogens is 304 g/mol. The smallest absolute Gasteiger partial charge is 0.108 e. The van der Waals surface area contributed by atoms with Crippen molar-refractivity contribution < 1.29 is 0 Å². The van der Waals surface area contributed by atoms with Gasteiger partial charge < -0.3 is 0 Å². The molecule has 0 radical (unpaired) electrons. The Balaban J connectivity index is 2.33. The van der Waals surface area contributed by atoms with Gasteiger partial charge in [0.15, 0.2) is 0 Å². The van der Waals surface area contributed by atoms with Gasteiger partial charge in [0.2, 0.25) is 0 Å². The van der Waals surface area contributed by atoms with E-state index in [9.17, 15) is 0 Å². The van der Waals surface area contributed by atoms with Crippen molar-refractivity contribution in [2.75, 3.05) is 0 Å². The van der Waals surface area contributed by atoms with Crippen molar-refractivity contribution in [1.29, 1.82) is 0 Å². The van der Waals surface area contributed by atoms with Gasteiger partial charge in [-0.1, -0.05) is 90.0 Å². The molecule has 0 spiro atoms. The molecule has 0 amide bonds. The Kier molecular flexibility index (Phi) is 4.49. The van der Waals surface area contributed by atoms with Gasteiger partial charge in [0.25, 0.3) is 0 Å². The number of nitrogens with two attached hydrogens (primary N) is 1. The molecule has 0 aliphatic carbocycles. The fourth-order valence-corrected chi connectivity index (χ4v) is 3.26. The van der Waals surface area contributed by atoms with Gasteiger partial charge in [-0.15, -0.1) is 0 Å². The Morgan fingerprint density at radius 3 is 1.96 bits per heavy atom. The van der Waals surface area contributed by atoms with Gasteiger partial charge in [-0.25, -0.2) is 5.43 Å². The molecule has 0 aliphatic heterocycles. The second-order valence-electron chi connectivity index (χ2n) is 5.61. The van der Waals surface area contributed by atoms with Crippen LogP contribution in [0.1, 0.15) is 22.3 Å². The highest BCUT2D eigenvalue weighted by atomic mass is 35.5. The van der Waals surface area contributed by atoms with Crippen molar-refractivity contribution in [1.82, 2.24) is 5.43 Å². The first-order valence-electron chi connectivity index (χ1n) is 7.54. The summed E-state index contributed by atoms with van der Waals surface area (Å²) in [6.07, 6.45) is 0. The molecule has 0 aromatic heterocycles. The van der Waals surface area contributed by atoms with Crippen LogP contribution in [0.4, 0.5) is 0 Å². The summed E-state index contributed by atoms with van der Waals surface area (Å²) < 4.78 is 0. The molecule has 3 rings (SSSR count). The van der Waals surface area contributed by atoms with Crippen LogP contribution in [0.2, 0.25) is 5.02 Å². The van der Waals surface area contributed by atoms with Crippen LogP contribution in [0.3, 0.4) is 0 Å². The first-order valence-corrected chi connectivity index (χ1v) is 7.92. The van der Waals surface area contributed by atoms with Crippen molar-refractivity contribution in [3.8, 4) is 0 Å². The lowest BCUT2D eigenvalue weighted by Crippen LogP contribution is -2.48. The summed E-state index contributed by atoms with van der Waals surface area (Å²) in [6.45, 7) is 2.07. The molecule has 3 N–H and O–H groups in total. The number of rotatable bonds is 4. The predicted octanol–water partition coefficient (Wildman–Crippen LogP) is 4.40. The molecule has 23 heavy (non-hydrogen) atoms. The normalized spacial score (nSPS) is 13.5. The summed E-state index contributed by atoms with van der Waals surface area (Å²) in [4.78, 5) is 0. The number of benzene rings is 3. The van der Waals surface area contributed by atoms with E-state index in [0.29, 0.717) is 5.02 Å². The van der Waals surface area contributed by atoms with Gasteiger partial charge in [-0.2, -0.15) is 0 Å². The van der Waals surface area contributed by atoms with Crippen molar-refractivity contribution in [2.24, 2.45) is 5.84 Å². The first-order chi connectivity index (χ1) is 11.2. The summed E-state index contributed by atoms with van der Waals surface area (Å²) in [5, 5.41) is 0.676. The second kappa shape index (κ2) is 6.55. The Bertz CT molecular complexity index is 784. The van der Waals surface area contributed by atoms with Gasteiger partial charge in [-0.05, 0) is 24.1 Å². The fourth-order valence-electron chi connectivity index (χ4n) is 2.98. The van der Waals surface area contributed by atoms with Gasteiger partial charge in [0.1, 0.15) is 5.54 Å². The molecule has 0 fully saturated rings. The van der Waals surface area contributed by atoms with Gasteiger partial charge in [-0.3, -0.25) is 5.84 Å². The summed E-state index contributed by atoms with van der Waals surface area (Å²) in [7, 11) is 0. The molecule has 0 saturated heterocycles. The SMILES string of the molecule is Cc1ccc(C(NN)(c2ccccc2)c2ccccc2Cl)cc1. The minimum absolute atomic E-state index is 0.676. The number of hydrogen-bond donors (Lipinski definition) is 2. The standard InChI is InChI=1S/C20H19ClN2/c1-15-11-13-17(14-12-15)20(23-22,16-7-3-2-4-8-16)18-9-5-6-10-19(18)21/h2-14,23H,22H2,1H3. The van der Waals surface area contributed by atoms with Gasteiger partial charge in [0, 0.05) is 10.6 Å². The third-order valence-electron chi connectivity index (χ3n) is 4.19. The zero-order valence-electron chi connectivity index (χ0n) is 13.0. The minimum Gasteiger partial charge on any atom is -0.270 e. The minimum atomic E-state index is -0.701. The highest BCUT2D eigenvalue weighted by Gasteiger charge is 2.36. The van der Waals surface area contributed by atoms with Crippen LogP contribution >= 0.6 is 11.6 Å². The molecule has 0 saturated carbocycles. The number of hydrogen-bond acceptors (Lipinski definition) is 2. The number of halogens is 1. The van der Waals surface area contributed by atoms with E-state index in [0.717, 1.165) is 16.7 Å². The highest BCUT2D eigenvalue weighted by molar-refractivity contribution is 6.31. The lowest BCUT2D eigenvalue weighted by molar-refractivity contribution is 0.489. The topological polar surface area (TPSA) is 38.0 Å². The first kappa shape index (κ1) is 15.8. The van der Waals surface area contributed by atoms with Crippen LogP contribution in [0, 0.1) is 6.92 Å². The van der Waals surface area contributed by atoms with Crippen LogP contribution in [0.15, 0.2) is 78.9 Å². The van der Waals surface area contributed by atoms with Crippen molar-refractivity contribution in [3.05, 3.63) is 106 Å². The molecule has 0 heterocycles. The van der Waals surface area contributed by atoms with E-state index in [1.54, 1.807) is 0 Å². The molecular formula is C20H19ClN2. The third kappa shape index (κ3) is 2.77. The van der Waals surface area contributed by atoms with Crippen LogP contribution in [0.5, 0.6) is 0 Å². The van der Waals surface area contributed by atoms with Crippen LogP contribution in [0.25, 0.3) is 0 Å². The summed E-state index contributed by atoms with van der Waals surface area (Å²) in [6, 6.07) is 26.3. The van der Waals surface area contributed by atoms with Crippen LogP contribution < -0.4 is 11.3 Å². The average Bonchev–Trinajstić information content (AvgIpc) is 2.60. The maximum Gasteiger partial charge on any atom is 0.108 e. The highest BCUT2D eigenvalue weighted by Crippen LogP contribution is 2.39. The monoisotopic (exact) mass is 322 g/mol. The maximum atomic E-state index is 6.52. The number of nitrogens with one attached hydrogen (secondary N) is 1. The van der Waals surface area contributed by atoms with Gasteiger partial charge >= 0.3 is 0 Å². The zero-order valence-corrected chi connectivity index (χ0v) is 13.7. The lowest BCUT2D eigenvalue weighted by atomic mass is 9.77. The Morgan fingerprint density at radius 2 is 1.35 bits per heavy atom. The van der Waals surface area contributed by atoms with E-state index in [-0.39, 0.29) is 0 Å². The van der Waals surface area contributed by atoms with E-state index in [1.165, 1.54) is 5.56 Å². The van der Waals surface area contributed by atoms with Crippen molar-refractivity contribution in [3.63, 3.8) is 0 Å².